The molecule has 0 amide bonds. The van der Waals surface area contributed by atoms with Gasteiger partial charge in [-0.3, -0.25) is 4.98 Å². The maximum absolute atomic E-state index is 14.2. The summed E-state index contributed by atoms with van der Waals surface area (Å²) in [5.74, 6) is -0.314. The van der Waals surface area contributed by atoms with Crippen molar-refractivity contribution < 1.29 is 17.6 Å². The van der Waals surface area contributed by atoms with Gasteiger partial charge in [0.25, 0.3) is 0 Å². The third-order valence-corrected chi connectivity index (χ3v) is 4.72. The van der Waals surface area contributed by atoms with Crippen molar-refractivity contribution in [2.45, 2.75) is 25.6 Å². The van der Waals surface area contributed by atoms with Crippen LogP contribution >= 0.6 is 0 Å². The third kappa shape index (κ3) is 3.68. The standard InChI is InChI=1S/C20H16F4N6/c1-2-17(13-5-3-4-6-14(13)21)30-10-16(26-11-30)15-9-12(7-8-25-15)18-19(20(22,23)24)28-29-27-18/h3-11,17H,2H2,1H3,(H,27,28,29). The van der Waals surface area contributed by atoms with Crippen LogP contribution in [0.3, 0.4) is 0 Å². The number of benzene rings is 1. The molecule has 0 aliphatic heterocycles. The third-order valence-electron chi connectivity index (χ3n) is 4.72. The van der Waals surface area contributed by atoms with Crippen LogP contribution in [-0.4, -0.2) is 29.9 Å². The van der Waals surface area contributed by atoms with E-state index in [0.29, 0.717) is 23.4 Å². The molecule has 0 radical (unpaired) electrons. The average molecular weight is 416 g/mol. The summed E-state index contributed by atoms with van der Waals surface area (Å²) in [4.78, 5) is 8.53. The smallest absolute Gasteiger partial charge is 0.329 e. The number of nitrogens with one attached hydrogen (secondary N) is 1. The van der Waals surface area contributed by atoms with Crippen LogP contribution in [0.2, 0.25) is 0 Å². The summed E-state index contributed by atoms with van der Waals surface area (Å²) >= 11 is 0. The molecule has 3 aromatic heterocycles. The van der Waals surface area contributed by atoms with Crippen molar-refractivity contribution in [3.8, 4) is 22.6 Å². The summed E-state index contributed by atoms with van der Waals surface area (Å²) < 4.78 is 55.4. The lowest BCUT2D eigenvalue weighted by Crippen LogP contribution is -2.09. The zero-order valence-corrected chi connectivity index (χ0v) is 15.7. The van der Waals surface area contributed by atoms with E-state index in [-0.39, 0.29) is 23.1 Å². The largest absolute Gasteiger partial charge is 0.437 e. The van der Waals surface area contributed by atoms with Gasteiger partial charge < -0.3 is 4.57 Å². The Kier molecular flexibility index (Phi) is 5.06. The van der Waals surface area contributed by atoms with Gasteiger partial charge in [0.1, 0.15) is 17.2 Å². The van der Waals surface area contributed by atoms with E-state index in [1.54, 1.807) is 35.3 Å². The van der Waals surface area contributed by atoms with Crippen LogP contribution in [0.15, 0.2) is 55.1 Å². The van der Waals surface area contributed by atoms with Gasteiger partial charge in [-0.2, -0.15) is 28.6 Å². The Morgan fingerprint density at radius 2 is 1.87 bits per heavy atom. The Labute approximate surface area is 168 Å². The fourth-order valence-corrected chi connectivity index (χ4v) is 3.32. The number of pyridine rings is 1. The molecule has 4 aromatic rings. The molecular formula is C20H16F4N6. The predicted molar refractivity (Wildman–Crippen MR) is 101 cm³/mol. The van der Waals surface area contributed by atoms with Crippen LogP contribution in [0.1, 0.15) is 30.6 Å². The second kappa shape index (κ2) is 7.69. The molecule has 154 valence electrons. The van der Waals surface area contributed by atoms with Gasteiger partial charge in [-0.05, 0) is 24.6 Å². The monoisotopic (exact) mass is 416 g/mol. The molecule has 0 bridgehead atoms. The lowest BCUT2D eigenvalue weighted by Gasteiger charge is -2.17. The number of imidazole rings is 1. The topological polar surface area (TPSA) is 72.3 Å². The van der Waals surface area contributed by atoms with E-state index < -0.39 is 11.9 Å². The summed E-state index contributed by atoms with van der Waals surface area (Å²) in [6, 6.07) is 9.11. The molecule has 0 saturated carbocycles. The first-order chi connectivity index (χ1) is 14.4. The molecule has 0 saturated heterocycles. The highest BCUT2D eigenvalue weighted by Gasteiger charge is 2.38. The van der Waals surface area contributed by atoms with Crippen molar-refractivity contribution in [3.63, 3.8) is 0 Å². The minimum atomic E-state index is -4.64. The molecule has 30 heavy (non-hydrogen) atoms. The van der Waals surface area contributed by atoms with Gasteiger partial charge in [0.2, 0.25) is 0 Å². The Bertz CT molecular complexity index is 1160. The number of hydrogen-bond acceptors (Lipinski definition) is 4. The van der Waals surface area contributed by atoms with Crippen LogP contribution in [0.25, 0.3) is 22.6 Å². The molecular weight excluding hydrogens is 400 g/mol. The van der Waals surface area contributed by atoms with Crippen molar-refractivity contribution in [2.75, 3.05) is 0 Å². The minimum Gasteiger partial charge on any atom is -0.329 e. The molecule has 1 aromatic carbocycles. The Morgan fingerprint density at radius 3 is 2.60 bits per heavy atom. The van der Waals surface area contributed by atoms with Crippen LogP contribution in [0, 0.1) is 5.82 Å². The van der Waals surface area contributed by atoms with Gasteiger partial charge in [0, 0.05) is 23.5 Å². The molecule has 3 heterocycles. The summed E-state index contributed by atoms with van der Waals surface area (Å²) in [7, 11) is 0. The molecule has 6 nitrogen and oxygen atoms in total. The average Bonchev–Trinajstić information content (AvgIpc) is 3.40. The number of rotatable bonds is 5. The highest BCUT2D eigenvalue weighted by molar-refractivity contribution is 5.67. The lowest BCUT2D eigenvalue weighted by atomic mass is 10.0. The lowest BCUT2D eigenvalue weighted by molar-refractivity contribution is -0.140. The van der Waals surface area contributed by atoms with Gasteiger partial charge in [-0.25, -0.2) is 9.37 Å². The van der Waals surface area contributed by atoms with E-state index >= 15 is 0 Å². The number of nitrogens with zero attached hydrogens (tertiary/aromatic N) is 5. The quantitative estimate of drug-likeness (QED) is 0.471. The summed E-state index contributed by atoms with van der Waals surface area (Å²) in [6.07, 6.45) is 0.619. The first-order valence-corrected chi connectivity index (χ1v) is 9.11. The fraction of sp³-hybridized carbons (Fsp3) is 0.200. The normalized spacial score (nSPS) is 12.8. The maximum Gasteiger partial charge on any atom is 0.437 e. The van der Waals surface area contributed by atoms with Crippen LogP contribution in [-0.2, 0) is 6.18 Å². The molecule has 0 aliphatic rings. The SMILES string of the molecule is CCC(c1ccccc1F)n1cnc(-c2cc(-c3n[nH]nc3C(F)(F)F)ccn2)c1. The highest BCUT2D eigenvalue weighted by Crippen LogP contribution is 2.35. The first-order valence-electron chi connectivity index (χ1n) is 9.11. The van der Waals surface area contributed by atoms with E-state index in [1.807, 2.05) is 12.1 Å². The molecule has 4 rings (SSSR count). The number of hydrogen-bond donors (Lipinski definition) is 1. The zero-order chi connectivity index (χ0) is 21.3. The van der Waals surface area contributed by atoms with Crippen LogP contribution in [0.4, 0.5) is 17.6 Å². The van der Waals surface area contributed by atoms with Crippen LogP contribution in [0.5, 0.6) is 0 Å². The summed E-state index contributed by atoms with van der Waals surface area (Å²) in [6.45, 7) is 1.93. The Hall–Kier alpha value is -3.56. The Morgan fingerprint density at radius 1 is 1.07 bits per heavy atom. The predicted octanol–water partition coefficient (Wildman–Crippen LogP) is 4.89. The van der Waals surface area contributed by atoms with Crippen molar-refractivity contribution in [1.82, 2.24) is 29.9 Å². The van der Waals surface area contributed by atoms with Crippen molar-refractivity contribution in [3.05, 3.63) is 72.2 Å². The minimum absolute atomic E-state index is 0.205. The van der Waals surface area contributed by atoms with E-state index in [2.05, 4.69) is 20.2 Å². The van der Waals surface area contributed by atoms with E-state index in [1.165, 1.54) is 24.4 Å². The molecule has 1 unspecified atom stereocenters. The zero-order valence-electron chi connectivity index (χ0n) is 15.7. The van der Waals surface area contributed by atoms with Gasteiger partial charge >= 0.3 is 6.18 Å². The van der Waals surface area contributed by atoms with Crippen LogP contribution < -0.4 is 0 Å². The molecule has 0 spiro atoms. The van der Waals surface area contributed by atoms with Gasteiger partial charge in [0.15, 0.2) is 5.69 Å². The fourth-order valence-electron chi connectivity index (χ4n) is 3.32. The summed E-state index contributed by atoms with van der Waals surface area (Å²) in [5.41, 5.74) is 0.133. The maximum atomic E-state index is 14.2. The second-order valence-corrected chi connectivity index (χ2v) is 6.60. The molecule has 1 atom stereocenters. The molecule has 0 aliphatic carbocycles. The van der Waals surface area contributed by atoms with Gasteiger partial charge in [-0.15, -0.1) is 0 Å². The number of aromatic nitrogens is 6. The van der Waals surface area contributed by atoms with Gasteiger partial charge in [0.05, 0.1) is 18.1 Å². The van der Waals surface area contributed by atoms with E-state index in [9.17, 15) is 17.6 Å². The van der Waals surface area contributed by atoms with Crippen molar-refractivity contribution >= 4 is 0 Å². The first kappa shape index (κ1) is 19.7. The number of alkyl halides is 3. The highest BCUT2D eigenvalue weighted by atomic mass is 19.4. The van der Waals surface area contributed by atoms with Crippen molar-refractivity contribution in [2.24, 2.45) is 0 Å². The Balaban J connectivity index is 1.69. The van der Waals surface area contributed by atoms with Gasteiger partial charge in [-0.1, -0.05) is 25.1 Å². The van der Waals surface area contributed by atoms with Crippen molar-refractivity contribution in [1.29, 1.82) is 0 Å². The number of aromatic amines is 1. The number of halogens is 4. The van der Waals surface area contributed by atoms with E-state index in [0.717, 1.165) is 0 Å². The summed E-state index contributed by atoms with van der Waals surface area (Å²) in [5, 5.41) is 8.86. The molecule has 10 heteroatoms. The number of H-pyrrole nitrogens is 1. The molecule has 1 N–H and O–H groups in total. The second-order valence-electron chi connectivity index (χ2n) is 6.60. The van der Waals surface area contributed by atoms with E-state index in [4.69, 9.17) is 0 Å². The molecule has 0 fully saturated rings.